The Balaban J connectivity index is 1.94. The summed E-state index contributed by atoms with van der Waals surface area (Å²) in [5.41, 5.74) is 7.25. The zero-order chi connectivity index (χ0) is 11.2. The van der Waals surface area contributed by atoms with Crippen molar-refractivity contribution in [1.82, 2.24) is 0 Å². The zero-order valence-corrected chi connectivity index (χ0v) is 9.29. The Labute approximate surface area is 94.3 Å². The molecule has 0 atom stereocenters. The van der Waals surface area contributed by atoms with E-state index in [0.29, 0.717) is 5.75 Å². The molecular formula is C12H15NO3. The molecule has 1 heterocycles. The van der Waals surface area contributed by atoms with Crippen LogP contribution in [0.15, 0.2) is 12.1 Å². The minimum absolute atomic E-state index is 0.00128. The van der Waals surface area contributed by atoms with Gasteiger partial charge in [0.15, 0.2) is 11.5 Å². The number of ether oxygens (including phenoxy) is 3. The third kappa shape index (κ3) is 1.59. The predicted molar refractivity (Wildman–Crippen MR) is 59.0 cm³/mol. The molecule has 4 nitrogen and oxygen atoms in total. The van der Waals surface area contributed by atoms with E-state index >= 15 is 0 Å². The smallest absolute Gasteiger partial charge is 0.231 e. The van der Waals surface area contributed by atoms with Gasteiger partial charge in [-0.15, -0.1) is 0 Å². The summed E-state index contributed by atoms with van der Waals surface area (Å²) >= 11 is 0. The number of rotatable bonds is 3. The molecule has 1 aromatic rings. The third-order valence-electron chi connectivity index (χ3n) is 3.17. The fourth-order valence-electron chi connectivity index (χ4n) is 2.03. The van der Waals surface area contributed by atoms with Gasteiger partial charge < -0.3 is 19.9 Å². The van der Waals surface area contributed by atoms with Gasteiger partial charge in [-0.2, -0.15) is 0 Å². The summed E-state index contributed by atoms with van der Waals surface area (Å²) in [4.78, 5) is 0. The van der Waals surface area contributed by atoms with Crippen LogP contribution >= 0.6 is 0 Å². The van der Waals surface area contributed by atoms with E-state index in [1.807, 2.05) is 12.1 Å². The van der Waals surface area contributed by atoms with Gasteiger partial charge in [0.2, 0.25) is 12.5 Å². The molecular weight excluding hydrogens is 206 g/mol. The standard InChI is InChI=1S/C12H15NO3/c1-14-9-4-8(6-12(13)2-3-12)5-10-11(9)16-7-15-10/h4-5H,2-3,6-7,13H2,1H3. The maximum Gasteiger partial charge on any atom is 0.231 e. The summed E-state index contributed by atoms with van der Waals surface area (Å²) in [6, 6.07) is 3.98. The predicted octanol–water partition coefficient (Wildman–Crippen LogP) is 1.46. The second-order valence-electron chi connectivity index (χ2n) is 4.57. The highest BCUT2D eigenvalue weighted by molar-refractivity contribution is 5.55. The van der Waals surface area contributed by atoms with Gasteiger partial charge in [0.25, 0.3) is 0 Å². The molecule has 1 aliphatic heterocycles. The number of nitrogens with two attached hydrogens (primary N) is 1. The van der Waals surface area contributed by atoms with Crippen LogP contribution in [-0.2, 0) is 6.42 Å². The van der Waals surface area contributed by atoms with E-state index in [-0.39, 0.29) is 12.3 Å². The molecule has 2 N–H and O–H groups in total. The Morgan fingerprint density at radius 2 is 2.19 bits per heavy atom. The van der Waals surface area contributed by atoms with Gasteiger partial charge in [0.05, 0.1) is 7.11 Å². The highest BCUT2D eigenvalue weighted by Crippen LogP contribution is 2.44. The van der Waals surface area contributed by atoms with Crippen molar-refractivity contribution in [1.29, 1.82) is 0 Å². The van der Waals surface area contributed by atoms with E-state index in [4.69, 9.17) is 19.9 Å². The summed E-state index contributed by atoms with van der Waals surface area (Å²) in [7, 11) is 1.64. The molecule has 0 spiro atoms. The lowest BCUT2D eigenvalue weighted by Gasteiger charge is -2.11. The highest BCUT2D eigenvalue weighted by Gasteiger charge is 2.38. The lowest BCUT2D eigenvalue weighted by atomic mass is 10.0. The molecule has 0 saturated heterocycles. The maximum absolute atomic E-state index is 6.10. The van der Waals surface area contributed by atoms with Crippen LogP contribution in [0.25, 0.3) is 0 Å². The van der Waals surface area contributed by atoms with Crippen molar-refractivity contribution in [3.05, 3.63) is 17.7 Å². The topological polar surface area (TPSA) is 53.7 Å². The van der Waals surface area contributed by atoms with Crippen LogP contribution in [0, 0.1) is 0 Å². The van der Waals surface area contributed by atoms with E-state index in [2.05, 4.69) is 0 Å². The summed E-state index contributed by atoms with van der Waals surface area (Å²) in [5, 5.41) is 0. The summed E-state index contributed by atoms with van der Waals surface area (Å²) in [6.45, 7) is 0.267. The van der Waals surface area contributed by atoms with Crippen molar-refractivity contribution in [3.8, 4) is 17.2 Å². The molecule has 2 aliphatic rings. The van der Waals surface area contributed by atoms with Gasteiger partial charge in [-0.1, -0.05) is 0 Å². The Morgan fingerprint density at radius 1 is 1.38 bits per heavy atom. The Bertz CT molecular complexity index is 427. The Morgan fingerprint density at radius 3 is 2.88 bits per heavy atom. The average Bonchev–Trinajstić information content (AvgIpc) is 2.80. The van der Waals surface area contributed by atoms with Gasteiger partial charge in [0, 0.05) is 5.54 Å². The van der Waals surface area contributed by atoms with Gasteiger partial charge in [-0.25, -0.2) is 0 Å². The second kappa shape index (κ2) is 3.28. The third-order valence-corrected chi connectivity index (χ3v) is 3.17. The second-order valence-corrected chi connectivity index (χ2v) is 4.57. The monoisotopic (exact) mass is 221 g/mol. The van der Waals surface area contributed by atoms with Crippen molar-refractivity contribution in [2.45, 2.75) is 24.8 Å². The fraction of sp³-hybridized carbons (Fsp3) is 0.500. The van der Waals surface area contributed by atoms with Crippen molar-refractivity contribution in [3.63, 3.8) is 0 Å². The summed E-state index contributed by atoms with van der Waals surface area (Å²) < 4.78 is 16.0. The Hall–Kier alpha value is -1.42. The van der Waals surface area contributed by atoms with Crippen LogP contribution in [-0.4, -0.2) is 19.4 Å². The van der Waals surface area contributed by atoms with Gasteiger partial charge >= 0.3 is 0 Å². The van der Waals surface area contributed by atoms with Crippen LogP contribution in [0.5, 0.6) is 17.2 Å². The molecule has 16 heavy (non-hydrogen) atoms. The van der Waals surface area contributed by atoms with E-state index in [1.54, 1.807) is 7.11 Å². The lowest BCUT2D eigenvalue weighted by Crippen LogP contribution is -2.24. The van der Waals surface area contributed by atoms with E-state index in [0.717, 1.165) is 36.3 Å². The molecule has 0 unspecified atom stereocenters. The molecule has 4 heteroatoms. The van der Waals surface area contributed by atoms with Crippen LogP contribution in [0.2, 0.25) is 0 Å². The molecule has 0 aromatic heterocycles. The number of fused-ring (bicyclic) bond motifs is 1. The fourth-order valence-corrected chi connectivity index (χ4v) is 2.03. The first-order valence-electron chi connectivity index (χ1n) is 5.46. The molecule has 0 radical (unpaired) electrons. The van der Waals surface area contributed by atoms with Crippen LogP contribution in [0.1, 0.15) is 18.4 Å². The first-order chi connectivity index (χ1) is 7.70. The quantitative estimate of drug-likeness (QED) is 0.839. The number of hydrogen-bond donors (Lipinski definition) is 1. The van der Waals surface area contributed by atoms with Gasteiger partial charge in [-0.3, -0.25) is 0 Å². The minimum atomic E-state index is -0.00128. The van der Waals surface area contributed by atoms with E-state index in [9.17, 15) is 0 Å². The van der Waals surface area contributed by atoms with Gasteiger partial charge in [0.1, 0.15) is 0 Å². The van der Waals surface area contributed by atoms with Crippen molar-refractivity contribution in [2.24, 2.45) is 5.73 Å². The summed E-state index contributed by atoms with van der Waals surface area (Å²) in [5.74, 6) is 2.20. The average molecular weight is 221 g/mol. The summed E-state index contributed by atoms with van der Waals surface area (Å²) in [6.07, 6.45) is 3.08. The highest BCUT2D eigenvalue weighted by atomic mass is 16.7. The molecule has 0 amide bonds. The molecule has 3 rings (SSSR count). The lowest BCUT2D eigenvalue weighted by molar-refractivity contribution is 0.171. The number of benzene rings is 1. The SMILES string of the molecule is COc1cc(CC2(N)CC2)cc2c1OCO2. The minimum Gasteiger partial charge on any atom is -0.493 e. The molecule has 0 bridgehead atoms. The molecule has 1 saturated carbocycles. The van der Waals surface area contributed by atoms with Crippen LogP contribution in [0.3, 0.4) is 0 Å². The molecule has 1 fully saturated rings. The zero-order valence-electron chi connectivity index (χ0n) is 9.29. The number of methoxy groups -OCH3 is 1. The Kier molecular flexibility index (Phi) is 2.01. The first-order valence-corrected chi connectivity index (χ1v) is 5.46. The largest absolute Gasteiger partial charge is 0.493 e. The van der Waals surface area contributed by atoms with Crippen molar-refractivity contribution < 1.29 is 14.2 Å². The van der Waals surface area contributed by atoms with E-state index < -0.39 is 0 Å². The normalized spacial score (nSPS) is 19.6. The maximum atomic E-state index is 6.10. The van der Waals surface area contributed by atoms with Crippen LogP contribution < -0.4 is 19.9 Å². The number of hydrogen-bond acceptors (Lipinski definition) is 4. The molecule has 1 aliphatic carbocycles. The van der Waals surface area contributed by atoms with Crippen molar-refractivity contribution >= 4 is 0 Å². The van der Waals surface area contributed by atoms with Crippen LogP contribution in [0.4, 0.5) is 0 Å². The van der Waals surface area contributed by atoms with Gasteiger partial charge in [-0.05, 0) is 37.0 Å². The molecule has 1 aromatic carbocycles. The first kappa shape index (κ1) is 9.78. The molecule has 86 valence electrons. The van der Waals surface area contributed by atoms with E-state index in [1.165, 1.54) is 0 Å². The van der Waals surface area contributed by atoms with Crippen molar-refractivity contribution in [2.75, 3.05) is 13.9 Å².